The number of hydrogen-bond acceptors (Lipinski definition) is 4. The number of nitrogens with one attached hydrogen (secondary N) is 3. The molecule has 0 bridgehead atoms. The number of carbonyl (C=O) groups excluding carboxylic acids is 1. The third-order valence-electron chi connectivity index (χ3n) is 2.89. The number of aliphatic imine (C=N–C) groups is 1. The molecule has 0 aromatic carbocycles. The second-order valence-corrected chi connectivity index (χ2v) is 4.74. The van der Waals surface area contributed by atoms with Crippen molar-refractivity contribution in [1.82, 2.24) is 20.9 Å². The van der Waals surface area contributed by atoms with Crippen molar-refractivity contribution in [3.05, 3.63) is 30.1 Å². The van der Waals surface area contributed by atoms with Gasteiger partial charge in [-0.15, -0.1) is 0 Å². The van der Waals surface area contributed by atoms with Crippen LogP contribution in [0.1, 0.15) is 30.6 Å². The average molecular weight is 321 g/mol. The summed E-state index contributed by atoms with van der Waals surface area (Å²) in [6.45, 7) is 8.06. The first-order chi connectivity index (χ1) is 11.3. The van der Waals surface area contributed by atoms with Crippen molar-refractivity contribution < 1.29 is 9.53 Å². The number of aromatic nitrogens is 1. The molecular formula is C16H27N5O2. The number of pyridine rings is 1. The molecular weight excluding hydrogens is 294 g/mol. The molecule has 1 heterocycles. The first kappa shape index (κ1) is 18.9. The van der Waals surface area contributed by atoms with Gasteiger partial charge in [-0.05, 0) is 32.4 Å². The molecule has 0 aliphatic rings. The third-order valence-corrected chi connectivity index (χ3v) is 2.89. The Balaban J connectivity index is 2.24. The molecule has 0 atom stereocenters. The molecule has 0 saturated heterocycles. The van der Waals surface area contributed by atoms with Gasteiger partial charge in [-0.2, -0.15) is 0 Å². The summed E-state index contributed by atoms with van der Waals surface area (Å²) in [6, 6.07) is 3.48. The van der Waals surface area contributed by atoms with E-state index in [0.717, 1.165) is 32.1 Å². The molecule has 1 aromatic rings. The fraction of sp³-hybridized carbons (Fsp3) is 0.562. The molecule has 1 aromatic heterocycles. The Hall–Kier alpha value is -2.15. The average Bonchev–Trinajstić information content (AvgIpc) is 2.59. The number of ether oxygens (including phenoxy) is 1. The molecule has 0 spiro atoms. The predicted octanol–water partition coefficient (Wildman–Crippen LogP) is 0.793. The van der Waals surface area contributed by atoms with Gasteiger partial charge in [0.05, 0.1) is 5.56 Å². The Kier molecular flexibility index (Phi) is 10.2. The van der Waals surface area contributed by atoms with Crippen molar-refractivity contribution >= 4 is 11.9 Å². The van der Waals surface area contributed by atoms with E-state index in [-0.39, 0.29) is 5.91 Å². The van der Waals surface area contributed by atoms with Crippen LogP contribution in [-0.2, 0) is 4.74 Å². The minimum atomic E-state index is -0.126. The van der Waals surface area contributed by atoms with Crippen LogP contribution in [0.25, 0.3) is 0 Å². The third kappa shape index (κ3) is 8.77. The highest BCUT2D eigenvalue weighted by molar-refractivity contribution is 5.93. The lowest BCUT2D eigenvalue weighted by Crippen LogP contribution is -2.41. The smallest absolute Gasteiger partial charge is 0.252 e. The van der Waals surface area contributed by atoms with Gasteiger partial charge in [0.15, 0.2) is 5.96 Å². The van der Waals surface area contributed by atoms with Gasteiger partial charge in [-0.1, -0.05) is 0 Å². The molecule has 1 amide bonds. The van der Waals surface area contributed by atoms with Gasteiger partial charge >= 0.3 is 0 Å². The van der Waals surface area contributed by atoms with Crippen LogP contribution >= 0.6 is 0 Å². The number of rotatable bonds is 10. The summed E-state index contributed by atoms with van der Waals surface area (Å²) in [5.74, 6) is 0.623. The first-order valence-electron chi connectivity index (χ1n) is 8.06. The molecule has 3 N–H and O–H groups in total. The van der Waals surface area contributed by atoms with Gasteiger partial charge in [-0.3, -0.25) is 14.8 Å². The van der Waals surface area contributed by atoms with E-state index in [1.54, 1.807) is 24.5 Å². The van der Waals surface area contributed by atoms with Crippen molar-refractivity contribution in [2.75, 3.05) is 39.4 Å². The van der Waals surface area contributed by atoms with Crippen molar-refractivity contribution in [3.63, 3.8) is 0 Å². The van der Waals surface area contributed by atoms with E-state index in [9.17, 15) is 4.79 Å². The minimum absolute atomic E-state index is 0.126. The molecule has 7 heteroatoms. The lowest BCUT2D eigenvalue weighted by Gasteiger charge is -2.12. The summed E-state index contributed by atoms with van der Waals surface area (Å²) in [7, 11) is 0. The van der Waals surface area contributed by atoms with Crippen LogP contribution < -0.4 is 16.0 Å². The van der Waals surface area contributed by atoms with Crippen LogP contribution in [0.5, 0.6) is 0 Å². The van der Waals surface area contributed by atoms with E-state index in [4.69, 9.17) is 4.74 Å². The molecule has 7 nitrogen and oxygen atoms in total. The Labute approximate surface area is 137 Å². The summed E-state index contributed by atoms with van der Waals surface area (Å²) < 4.78 is 5.28. The molecule has 0 aliphatic heterocycles. The molecule has 128 valence electrons. The van der Waals surface area contributed by atoms with Crippen LogP contribution in [0.3, 0.4) is 0 Å². The van der Waals surface area contributed by atoms with E-state index < -0.39 is 0 Å². The molecule has 0 saturated carbocycles. The first-order valence-corrected chi connectivity index (χ1v) is 8.06. The van der Waals surface area contributed by atoms with Crippen molar-refractivity contribution in [1.29, 1.82) is 0 Å². The summed E-state index contributed by atoms with van der Waals surface area (Å²) in [5, 5.41) is 9.19. The summed E-state index contributed by atoms with van der Waals surface area (Å²) >= 11 is 0. The maximum absolute atomic E-state index is 11.8. The number of hydrogen-bond donors (Lipinski definition) is 3. The van der Waals surface area contributed by atoms with Crippen LogP contribution in [0.15, 0.2) is 29.5 Å². The summed E-state index contributed by atoms with van der Waals surface area (Å²) in [6.07, 6.45) is 4.08. The molecule has 1 rings (SSSR count). The number of amides is 1. The van der Waals surface area contributed by atoms with Crippen LogP contribution in [0.2, 0.25) is 0 Å². The Morgan fingerprint density at radius 3 is 2.78 bits per heavy atom. The van der Waals surface area contributed by atoms with E-state index >= 15 is 0 Å². The second-order valence-electron chi connectivity index (χ2n) is 4.74. The summed E-state index contributed by atoms with van der Waals surface area (Å²) in [4.78, 5) is 20.2. The topological polar surface area (TPSA) is 87.6 Å². The number of nitrogens with zero attached hydrogens (tertiary/aromatic N) is 2. The Morgan fingerprint density at radius 2 is 2.09 bits per heavy atom. The predicted molar refractivity (Wildman–Crippen MR) is 91.7 cm³/mol. The van der Waals surface area contributed by atoms with Crippen LogP contribution in [0.4, 0.5) is 0 Å². The lowest BCUT2D eigenvalue weighted by molar-refractivity contribution is 0.0954. The normalized spacial score (nSPS) is 11.1. The highest BCUT2D eigenvalue weighted by atomic mass is 16.5. The number of carbonyl (C=O) groups is 1. The largest absolute Gasteiger partial charge is 0.382 e. The second kappa shape index (κ2) is 12.4. The maximum Gasteiger partial charge on any atom is 0.252 e. The standard InChI is InChI=1S/C16H27N5O2/c1-3-18-16(20-9-6-12-23-4-2)21-11-10-19-15(22)14-7-5-8-17-13-14/h5,7-8,13H,3-4,6,9-12H2,1-2H3,(H,19,22)(H2,18,20,21). The zero-order valence-corrected chi connectivity index (χ0v) is 14.0. The Morgan fingerprint density at radius 1 is 1.26 bits per heavy atom. The van der Waals surface area contributed by atoms with E-state index in [2.05, 4.69) is 25.9 Å². The quantitative estimate of drug-likeness (QED) is 0.337. The summed E-state index contributed by atoms with van der Waals surface area (Å²) in [5.41, 5.74) is 0.559. The monoisotopic (exact) mass is 321 g/mol. The number of guanidine groups is 1. The van der Waals surface area contributed by atoms with Crippen molar-refractivity contribution in [2.45, 2.75) is 20.3 Å². The van der Waals surface area contributed by atoms with Crippen LogP contribution in [-0.4, -0.2) is 56.2 Å². The van der Waals surface area contributed by atoms with Gasteiger partial charge in [0.2, 0.25) is 0 Å². The molecule has 0 aliphatic carbocycles. The van der Waals surface area contributed by atoms with E-state index in [1.165, 1.54) is 0 Å². The van der Waals surface area contributed by atoms with Crippen molar-refractivity contribution in [3.8, 4) is 0 Å². The Bertz CT molecular complexity index is 465. The fourth-order valence-electron chi connectivity index (χ4n) is 1.80. The van der Waals surface area contributed by atoms with E-state index in [0.29, 0.717) is 25.2 Å². The van der Waals surface area contributed by atoms with Crippen LogP contribution in [0, 0.1) is 0 Å². The van der Waals surface area contributed by atoms with Gasteiger partial charge in [0.25, 0.3) is 5.91 Å². The zero-order chi connectivity index (χ0) is 16.8. The highest BCUT2D eigenvalue weighted by Gasteiger charge is 2.03. The van der Waals surface area contributed by atoms with E-state index in [1.807, 2.05) is 13.8 Å². The molecule has 0 unspecified atom stereocenters. The van der Waals surface area contributed by atoms with Gasteiger partial charge < -0.3 is 20.7 Å². The fourth-order valence-corrected chi connectivity index (χ4v) is 1.80. The van der Waals surface area contributed by atoms with Gasteiger partial charge in [0.1, 0.15) is 0 Å². The minimum Gasteiger partial charge on any atom is -0.382 e. The molecule has 0 fully saturated rings. The molecule has 23 heavy (non-hydrogen) atoms. The highest BCUT2D eigenvalue weighted by Crippen LogP contribution is 1.94. The lowest BCUT2D eigenvalue weighted by atomic mass is 10.3. The SMILES string of the molecule is CCNC(=NCCCOCC)NCCNC(=O)c1cccnc1. The molecule has 0 radical (unpaired) electrons. The maximum atomic E-state index is 11.8. The van der Waals surface area contributed by atoms with Gasteiger partial charge in [-0.25, -0.2) is 0 Å². The van der Waals surface area contributed by atoms with Gasteiger partial charge in [0, 0.05) is 51.8 Å². The zero-order valence-electron chi connectivity index (χ0n) is 14.0. The van der Waals surface area contributed by atoms with Crippen molar-refractivity contribution in [2.24, 2.45) is 4.99 Å².